The van der Waals surface area contributed by atoms with E-state index in [2.05, 4.69) is 9.47 Å². The maximum Gasteiger partial charge on any atom is 0.573 e. The zero-order valence-electron chi connectivity index (χ0n) is 8.69. The fourth-order valence-electron chi connectivity index (χ4n) is 1.22. The molecule has 7 heteroatoms. The molecule has 0 aromatic heterocycles. The number of alkyl halides is 3. The van der Waals surface area contributed by atoms with Gasteiger partial charge in [-0.15, -0.1) is 13.2 Å². The summed E-state index contributed by atoms with van der Waals surface area (Å²) in [6.07, 6.45) is -5.98. The Morgan fingerprint density at radius 2 is 1.82 bits per heavy atom. The maximum absolute atomic E-state index is 11.9. The quantitative estimate of drug-likeness (QED) is 0.891. The maximum atomic E-state index is 11.9. The molecule has 94 valence electrons. The highest BCUT2D eigenvalue weighted by Gasteiger charge is 2.31. The van der Waals surface area contributed by atoms with Gasteiger partial charge in [-0.25, -0.2) is 4.79 Å². The molecular weight excluding hydrogens is 241 g/mol. The van der Waals surface area contributed by atoms with Crippen molar-refractivity contribution in [3.05, 3.63) is 29.8 Å². The van der Waals surface area contributed by atoms with Crippen LogP contribution in [0.15, 0.2) is 24.3 Å². The molecule has 4 nitrogen and oxygen atoms in total. The van der Waals surface area contributed by atoms with Crippen LogP contribution in [0.2, 0.25) is 0 Å². The van der Waals surface area contributed by atoms with Crippen LogP contribution in [0.1, 0.15) is 11.7 Å². The van der Waals surface area contributed by atoms with E-state index in [4.69, 9.17) is 5.11 Å². The predicted octanol–water partition coefficient (Wildman–Crippen LogP) is 2.36. The summed E-state index contributed by atoms with van der Waals surface area (Å²) in [5, 5.41) is 8.75. The van der Waals surface area contributed by atoms with Crippen LogP contribution in [0.25, 0.3) is 0 Å². The first-order valence-corrected chi connectivity index (χ1v) is 4.45. The summed E-state index contributed by atoms with van der Waals surface area (Å²) >= 11 is 0. The van der Waals surface area contributed by atoms with E-state index in [1.54, 1.807) is 0 Å². The zero-order valence-corrected chi connectivity index (χ0v) is 8.69. The van der Waals surface area contributed by atoms with E-state index < -0.39 is 24.2 Å². The van der Waals surface area contributed by atoms with Gasteiger partial charge in [0.25, 0.3) is 0 Å². The van der Waals surface area contributed by atoms with Gasteiger partial charge in [-0.2, -0.15) is 0 Å². The van der Waals surface area contributed by atoms with Crippen LogP contribution < -0.4 is 4.74 Å². The van der Waals surface area contributed by atoms with E-state index in [1.165, 1.54) is 19.2 Å². The van der Waals surface area contributed by atoms with E-state index in [9.17, 15) is 18.0 Å². The highest BCUT2D eigenvalue weighted by Crippen LogP contribution is 2.25. The molecule has 1 rings (SSSR count). The highest BCUT2D eigenvalue weighted by atomic mass is 19.4. The third-order valence-corrected chi connectivity index (χ3v) is 1.88. The second-order valence-corrected chi connectivity index (χ2v) is 3.07. The average Bonchev–Trinajstić information content (AvgIpc) is 2.18. The number of carbonyl (C=O) groups is 1. The van der Waals surface area contributed by atoms with E-state index in [-0.39, 0.29) is 5.56 Å². The van der Waals surface area contributed by atoms with E-state index in [1.807, 2.05) is 0 Å². The summed E-state index contributed by atoms with van der Waals surface area (Å²) in [5.41, 5.74) is 0.231. The molecule has 0 saturated heterocycles. The molecule has 1 aromatic carbocycles. The summed E-state index contributed by atoms with van der Waals surface area (Å²) in [4.78, 5) is 10.7. The molecule has 0 aliphatic rings. The first kappa shape index (κ1) is 13.3. The minimum absolute atomic E-state index is 0.231. The Labute approximate surface area is 94.6 Å². The van der Waals surface area contributed by atoms with Crippen LogP contribution in [0.4, 0.5) is 13.2 Å². The summed E-state index contributed by atoms with van der Waals surface area (Å²) in [7, 11) is 1.19. The van der Waals surface area contributed by atoms with Crippen molar-refractivity contribution in [3.63, 3.8) is 0 Å². The molecule has 0 amide bonds. The molecule has 17 heavy (non-hydrogen) atoms. The molecule has 0 fully saturated rings. The van der Waals surface area contributed by atoms with Gasteiger partial charge in [-0.05, 0) is 17.7 Å². The van der Waals surface area contributed by atoms with E-state index in [0.717, 1.165) is 12.1 Å². The molecule has 1 N–H and O–H groups in total. The largest absolute Gasteiger partial charge is 0.573 e. The third kappa shape index (κ3) is 3.95. The van der Waals surface area contributed by atoms with E-state index in [0.29, 0.717) is 0 Å². The van der Waals surface area contributed by atoms with Crippen LogP contribution in [0, 0.1) is 0 Å². The van der Waals surface area contributed by atoms with Crippen molar-refractivity contribution >= 4 is 5.97 Å². The number of methoxy groups -OCH3 is 1. The smallest absolute Gasteiger partial charge is 0.479 e. The number of hydrogen-bond donors (Lipinski definition) is 1. The van der Waals surface area contributed by atoms with Crippen LogP contribution in [0.3, 0.4) is 0 Å². The van der Waals surface area contributed by atoms with Crippen molar-refractivity contribution in [2.24, 2.45) is 0 Å². The van der Waals surface area contributed by atoms with E-state index >= 15 is 0 Å². The van der Waals surface area contributed by atoms with Gasteiger partial charge in [0, 0.05) is 7.11 Å². The molecular formula is C10H9F3O4. The topological polar surface area (TPSA) is 55.8 Å². The Morgan fingerprint density at radius 1 is 1.29 bits per heavy atom. The van der Waals surface area contributed by atoms with Gasteiger partial charge in [0.05, 0.1) is 0 Å². The lowest BCUT2D eigenvalue weighted by atomic mass is 10.1. The third-order valence-electron chi connectivity index (χ3n) is 1.88. The molecule has 0 bridgehead atoms. The lowest BCUT2D eigenvalue weighted by molar-refractivity contribution is -0.274. The van der Waals surface area contributed by atoms with Crippen molar-refractivity contribution in [1.29, 1.82) is 0 Å². The van der Waals surface area contributed by atoms with Crippen molar-refractivity contribution in [3.8, 4) is 5.75 Å². The lowest BCUT2D eigenvalue weighted by Crippen LogP contribution is -2.17. The summed E-state index contributed by atoms with van der Waals surface area (Å²) in [5.74, 6) is -1.64. The molecule has 0 spiro atoms. The number of carboxylic acids is 1. The minimum Gasteiger partial charge on any atom is -0.479 e. The normalized spacial score (nSPS) is 13.2. The highest BCUT2D eigenvalue weighted by molar-refractivity contribution is 5.74. The molecule has 1 atom stereocenters. The molecule has 0 aliphatic carbocycles. The standard InChI is InChI=1S/C10H9F3O4/c1-16-8(9(14)15)6-2-4-7(5-3-6)17-10(11,12)13/h2-5,8H,1H3,(H,14,15)/t8-/m0/s1. The first-order valence-electron chi connectivity index (χ1n) is 4.45. The monoisotopic (exact) mass is 250 g/mol. The first-order chi connectivity index (χ1) is 7.83. The molecule has 0 heterocycles. The number of rotatable bonds is 4. The van der Waals surface area contributed by atoms with Crippen LogP contribution in [-0.2, 0) is 9.53 Å². The number of benzene rings is 1. The second kappa shape index (κ2) is 5.05. The van der Waals surface area contributed by atoms with Gasteiger partial charge in [-0.1, -0.05) is 12.1 Å². The Balaban J connectivity index is 2.84. The summed E-state index contributed by atoms with van der Waals surface area (Å²) in [6.45, 7) is 0. The van der Waals surface area contributed by atoms with Crippen LogP contribution >= 0.6 is 0 Å². The minimum atomic E-state index is -4.77. The number of aliphatic carboxylic acids is 1. The number of halogens is 3. The predicted molar refractivity (Wildman–Crippen MR) is 50.5 cm³/mol. The number of hydrogen-bond acceptors (Lipinski definition) is 3. The van der Waals surface area contributed by atoms with Gasteiger partial charge in [-0.3, -0.25) is 0 Å². The molecule has 1 aromatic rings. The summed E-state index contributed by atoms with van der Waals surface area (Å²) < 4.78 is 43.9. The van der Waals surface area contributed by atoms with Crippen molar-refractivity contribution in [1.82, 2.24) is 0 Å². The number of carboxylic acid groups (broad SMARTS) is 1. The fraction of sp³-hybridized carbons (Fsp3) is 0.300. The van der Waals surface area contributed by atoms with Gasteiger partial charge < -0.3 is 14.6 Å². The SMILES string of the molecule is CO[C@H](C(=O)O)c1ccc(OC(F)(F)F)cc1. The Hall–Kier alpha value is -1.76. The Bertz CT molecular complexity index is 386. The number of ether oxygens (including phenoxy) is 2. The van der Waals surface area contributed by atoms with Gasteiger partial charge in [0.15, 0.2) is 6.10 Å². The van der Waals surface area contributed by atoms with Crippen molar-refractivity contribution in [2.75, 3.05) is 7.11 Å². The zero-order chi connectivity index (χ0) is 13.1. The van der Waals surface area contributed by atoms with Crippen LogP contribution in [0.5, 0.6) is 5.75 Å². The molecule has 0 unspecified atom stereocenters. The fourth-order valence-corrected chi connectivity index (χ4v) is 1.22. The Kier molecular flexibility index (Phi) is 3.95. The van der Waals surface area contributed by atoms with Gasteiger partial charge in [0.1, 0.15) is 5.75 Å². The van der Waals surface area contributed by atoms with Crippen LogP contribution in [-0.4, -0.2) is 24.5 Å². The average molecular weight is 250 g/mol. The second-order valence-electron chi connectivity index (χ2n) is 3.07. The Morgan fingerprint density at radius 3 is 2.18 bits per heavy atom. The molecule has 0 saturated carbocycles. The van der Waals surface area contributed by atoms with Gasteiger partial charge in [0.2, 0.25) is 0 Å². The van der Waals surface area contributed by atoms with Crippen molar-refractivity contribution < 1.29 is 32.5 Å². The van der Waals surface area contributed by atoms with Gasteiger partial charge >= 0.3 is 12.3 Å². The summed E-state index contributed by atoms with van der Waals surface area (Å²) in [6, 6.07) is 4.45. The van der Waals surface area contributed by atoms with Crippen molar-refractivity contribution in [2.45, 2.75) is 12.5 Å². The molecule has 0 aliphatic heterocycles. The molecule has 0 radical (unpaired) electrons. The lowest BCUT2D eigenvalue weighted by Gasteiger charge is -2.12.